The van der Waals surface area contributed by atoms with E-state index < -0.39 is 17.2 Å². The third-order valence-electron chi connectivity index (χ3n) is 5.37. The van der Waals surface area contributed by atoms with Gasteiger partial charge in [0.25, 0.3) is 5.91 Å². The van der Waals surface area contributed by atoms with E-state index in [0.29, 0.717) is 11.1 Å². The van der Waals surface area contributed by atoms with E-state index in [1.54, 1.807) is 44.2 Å². The molecule has 3 rings (SSSR count). The molecule has 1 aliphatic heterocycles. The number of carbonyl (C=O) groups is 3. The van der Waals surface area contributed by atoms with Gasteiger partial charge >= 0.3 is 6.18 Å². The number of halogens is 3. The molecule has 0 radical (unpaired) electrons. The van der Waals surface area contributed by atoms with Gasteiger partial charge in [0.05, 0.1) is 12.1 Å². The van der Waals surface area contributed by atoms with Gasteiger partial charge in [-0.1, -0.05) is 44.2 Å². The molecule has 164 valence electrons. The first-order chi connectivity index (χ1) is 14.5. The van der Waals surface area contributed by atoms with E-state index in [1.165, 1.54) is 11.0 Å². The highest BCUT2D eigenvalue weighted by molar-refractivity contribution is 6.01. The summed E-state index contributed by atoms with van der Waals surface area (Å²) >= 11 is 0. The Hall–Kier alpha value is -3.16. The maximum absolute atomic E-state index is 13.0. The highest BCUT2D eigenvalue weighted by Gasteiger charge is 2.32. The lowest BCUT2D eigenvalue weighted by Gasteiger charge is -2.26. The largest absolute Gasteiger partial charge is 0.416 e. The van der Waals surface area contributed by atoms with Crippen LogP contribution in [-0.4, -0.2) is 29.2 Å². The second kappa shape index (κ2) is 8.53. The van der Waals surface area contributed by atoms with Crippen LogP contribution in [-0.2, 0) is 27.7 Å². The van der Waals surface area contributed by atoms with E-state index in [0.717, 1.165) is 17.7 Å². The molecule has 31 heavy (non-hydrogen) atoms. The summed E-state index contributed by atoms with van der Waals surface area (Å²) in [4.78, 5) is 37.1. The Kier molecular flexibility index (Phi) is 6.20. The summed E-state index contributed by atoms with van der Waals surface area (Å²) in [6.07, 6.45) is -3.98. The summed E-state index contributed by atoms with van der Waals surface area (Å²) in [7, 11) is 0. The monoisotopic (exact) mass is 432 g/mol. The van der Waals surface area contributed by atoms with Crippen LogP contribution in [0.1, 0.15) is 53.7 Å². The molecule has 3 amide bonds. The molecule has 0 unspecified atom stereocenters. The molecule has 2 aromatic rings. The van der Waals surface area contributed by atoms with Crippen molar-refractivity contribution < 1.29 is 27.6 Å². The summed E-state index contributed by atoms with van der Waals surface area (Å²) in [5, 5.41) is 2.76. The Morgan fingerprint density at radius 2 is 1.55 bits per heavy atom. The van der Waals surface area contributed by atoms with Gasteiger partial charge in [0, 0.05) is 30.4 Å². The van der Waals surface area contributed by atoms with E-state index in [2.05, 4.69) is 5.32 Å². The predicted octanol–water partition coefficient (Wildman–Crippen LogP) is 4.06. The standard InChI is InChI=1S/C23H23F3N2O3/c1-22(2,17-4-3-5-18(12-17)23(24,25)26)14-27-21(31)16-8-6-15(7-9-16)13-28-19(29)10-11-20(28)30/h3-9,12H,10-11,13-14H2,1-2H3,(H,27,31). The summed E-state index contributed by atoms with van der Waals surface area (Å²) in [6.45, 7) is 3.83. The predicted molar refractivity (Wildman–Crippen MR) is 108 cm³/mol. The fraction of sp³-hybridized carbons (Fsp3) is 0.348. The van der Waals surface area contributed by atoms with Gasteiger partial charge in [0.15, 0.2) is 0 Å². The van der Waals surface area contributed by atoms with Crippen molar-refractivity contribution in [1.82, 2.24) is 10.2 Å². The highest BCUT2D eigenvalue weighted by atomic mass is 19.4. The fourth-order valence-corrected chi connectivity index (χ4v) is 3.37. The Morgan fingerprint density at radius 3 is 2.13 bits per heavy atom. The maximum atomic E-state index is 13.0. The molecule has 0 aromatic heterocycles. The number of amides is 3. The Morgan fingerprint density at radius 1 is 0.968 bits per heavy atom. The summed E-state index contributed by atoms with van der Waals surface area (Å²) < 4.78 is 39.0. The van der Waals surface area contributed by atoms with Crippen LogP contribution in [0.25, 0.3) is 0 Å². The average Bonchev–Trinajstić information content (AvgIpc) is 3.04. The van der Waals surface area contributed by atoms with Crippen LogP contribution >= 0.6 is 0 Å². The summed E-state index contributed by atoms with van der Waals surface area (Å²) in [5.74, 6) is -0.771. The van der Waals surface area contributed by atoms with Crippen LogP contribution in [0.4, 0.5) is 13.2 Å². The van der Waals surface area contributed by atoms with E-state index >= 15 is 0 Å². The van der Waals surface area contributed by atoms with Crippen molar-refractivity contribution in [1.29, 1.82) is 0 Å². The van der Waals surface area contributed by atoms with Gasteiger partial charge in [-0.15, -0.1) is 0 Å². The van der Waals surface area contributed by atoms with Gasteiger partial charge in [-0.05, 0) is 29.3 Å². The molecule has 2 aromatic carbocycles. The van der Waals surface area contributed by atoms with Gasteiger partial charge in [0.1, 0.15) is 0 Å². The smallest absolute Gasteiger partial charge is 0.351 e. The number of alkyl halides is 3. The summed E-state index contributed by atoms with van der Waals surface area (Å²) in [5.41, 5.74) is 0.132. The second-order valence-corrected chi connectivity index (χ2v) is 8.22. The van der Waals surface area contributed by atoms with Crippen molar-refractivity contribution >= 4 is 17.7 Å². The molecule has 1 aliphatic rings. The minimum absolute atomic E-state index is 0.145. The lowest BCUT2D eigenvalue weighted by atomic mass is 9.83. The van der Waals surface area contributed by atoms with Crippen LogP contribution in [0.5, 0.6) is 0 Å². The molecule has 8 heteroatoms. The number of hydrogen-bond donors (Lipinski definition) is 1. The van der Waals surface area contributed by atoms with Gasteiger partial charge in [-0.3, -0.25) is 19.3 Å². The second-order valence-electron chi connectivity index (χ2n) is 8.22. The molecular weight excluding hydrogens is 409 g/mol. The molecule has 0 aliphatic carbocycles. The van der Waals surface area contributed by atoms with Crippen molar-refractivity contribution in [3.05, 3.63) is 70.8 Å². The number of likely N-dealkylation sites (tertiary alicyclic amines) is 1. The first kappa shape index (κ1) is 22.5. The molecule has 1 saturated heterocycles. The molecule has 0 bridgehead atoms. The lowest BCUT2D eigenvalue weighted by molar-refractivity contribution is -0.139. The Labute approximate surface area is 178 Å². The van der Waals surface area contributed by atoms with Crippen LogP contribution in [0.2, 0.25) is 0 Å². The minimum Gasteiger partial charge on any atom is -0.351 e. The van der Waals surface area contributed by atoms with E-state index in [4.69, 9.17) is 0 Å². The zero-order valence-electron chi connectivity index (χ0n) is 17.3. The third kappa shape index (κ3) is 5.31. The Bertz CT molecular complexity index is 982. The summed E-state index contributed by atoms with van der Waals surface area (Å²) in [6, 6.07) is 11.6. The maximum Gasteiger partial charge on any atom is 0.416 e. The molecule has 1 heterocycles. The van der Waals surface area contributed by atoms with E-state index in [-0.39, 0.29) is 43.7 Å². The normalized spacial score (nSPS) is 14.8. The molecule has 0 atom stereocenters. The molecule has 1 fully saturated rings. The average molecular weight is 432 g/mol. The fourth-order valence-electron chi connectivity index (χ4n) is 3.37. The first-order valence-corrected chi connectivity index (χ1v) is 9.85. The van der Waals surface area contributed by atoms with Gasteiger partial charge in [-0.2, -0.15) is 13.2 Å². The van der Waals surface area contributed by atoms with Crippen LogP contribution in [0.3, 0.4) is 0 Å². The van der Waals surface area contributed by atoms with Gasteiger partial charge < -0.3 is 5.32 Å². The SMILES string of the molecule is CC(C)(CNC(=O)c1ccc(CN2C(=O)CCC2=O)cc1)c1cccc(C(F)(F)F)c1. The van der Waals surface area contributed by atoms with Crippen LogP contribution in [0.15, 0.2) is 48.5 Å². The van der Waals surface area contributed by atoms with Crippen molar-refractivity contribution in [2.24, 2.45) is 0 Å². The van der Waals surface area contributed by atoms with Gasteiger partial charge in [-0.25, -0.2) is 0 Å². The number of hydrogen-bond acceptors (Lipinski definition) is 3. The molecule has 0 spiro atoms. The highest BCUT2D eigenvalue weighted by Crippen LogP contribution is 2.32. The number of nitrogens with one attached hydrogen (secondary N) is 1. The lowest BCUT2D eigenvalue weighted by Crippen LogP contribution is -2.36. The number of carbonyl (C=O) groups excluding carboxylic acids is 3. The first-order valence-electron chi connectivity index (χ1n) is 9.85. The number of imide groups is 1. The topological polar surface area (TPSA) is 66.5 Å². The van der Waals surface area contributed by atoms with Crippen molar-refractivity contribution in [2.45, 2.75) is 44.8 Å². The van der Waals surface area contributed by atoms with E-state index in [1.807, 2.05) is 0 Å². The van der Waals surface area contributed by atoms with Crippen molar-refractivity contribution in [2.75, 3.05) is 6.54 Å². The quantitative estimate of drug-likeness (QED) is 0.700. The molecular formula is C23H23F3N2O3. The third-order valence-corrected chi connectivity index (χ3v) is 5.37. The molecule has 1 N–H and O–H groups in total. The molecule has 0 saturated carbocycles. The number of nitrogens with zero attached hydrogens (tertiary/aromatic N) is 1. The number of benzene rings is 2. The van der Waals surface area contributed by atoms with Crippen molar-refractivity contribution in [3.8, 4) is 0 Å². The van der Waals surface area contributed by atoms with Gasteiger partial charge in [0.2, 0.25) is 11.8 Å². The number of rotatable bonds is 6. The zero-order valence-corrected chi connectivity index (χ0v) is 17.3. The Balaban J connectivity index is 1.62. The van der Waals surface area contributed by atoms with Crippen LogP contribution < -0.4 is 5.32 Å². The van der Waals surface area contributed by atoms with Crippen molar-refractivity contribution in [3.63, 3.8) is 0 Å². The zero-order chi connectivity index (χ0) is 22.8. The minimum atomic E-state index is -4.43. The molecule has 5 nitrogen and oxygen atoms in total. The van der Waals surface area contributed by atoms with E-state index in [9.17, 15) is 27.6 Å². The van der Waals surface area contributed by atoms with Crippen LogP contribution in [0, 0.1) is 0 Å².